The molecule has 0 amide bonds. The number of ether oxygens (including phenoxy) is 7. The van der Waals surface area contributed by atoms with E-state index in [2.05, 4.69) is 13.8 Å². The molecule has 15 nitrogen and oxygen atoms in total. The first kappa shape index (κ1) is 38.5. The quantitative estimate of drug-likeness (QED) is 0.105. The number of aliphatic hydroxyl groups excluding tert-OH is 5. The second kappa shape index (κ2) is 14.4. The molecule has 7 aliphatic rings. The van der Waals surface area contributed by atoms with E-state index < -0.39 is 91.1 Å². The number of hydrogen-bond acceptors (Lipinski definition) is 15. The topological polar surface area (TPSA) is 220 Å². The first-order valence-corrected chi connectivity index (χ1v) is 18.9. The largest absolute Gasteiger partial charge is 0.464 e. The lowest BCUT2D eigenvalue weighted by atomic mass is 9.43. The number of carbonyl (C=O) groups is 2. The standard InChI is InChI=1S/C37H56O15/c1-17-31(52-33-29(43)28(42)27(41)24(14-38)51-33)32(46-4)30(44)34(49-17)50-20-7-9-35(2)19(12-20)5-6-22-21(35)8-10-36(3)26(18-11-25(40)47-15-18)23(48-16-39)13-37(22,36)45/h11,16-17,19-24,26-34,38,41-45H,5-10,12-15H2,1-4H3/t17-,19-,20-,21-,22+,23-,24-,26+,27-,28+,29-,30-,31+,32-,33-,34+,35+,36-,37+/m1/s1. The molecule has 0 unspecified atom stereocenters. The Labute approximate surface area is 303 Å². The number of fused-ring (bicyclic) bond motifs is 5. The van der Waals surface area contributed by atoms with Gasteiger partial charge in [0.05, 0.1) is 24.4 Å². The monoisotopic (exact) mass is 740 g/mol. The fraction of sp³-hybridized carbons (Fsp3) is 0.892. The second-order valence-corrected chi connectivity index (χ2v) is 16.9. The minimum absolute atomic E-state index is 0.00113. The van der Waals surface area contributed by atoms with Gasteiger partial charge in [-0.3, -0.25) is 4.79 Å². The minimum Gasteiger partial charge on any atom is -0.464 e. The van der Waals surface area contributed by atoms with E-state index >= 15 is 0 Å². The van der Waals surface area contributed by atoms with Gasteiger partial charge in [-0.1, -0.05) is 13.8 Å². The molecule has 4 aliphatic carbocycles. The lowest BCUT2D eigenvalue weighted by molar-refractivity contribution is -0.362. The highest BCUT2D eigenvalue weighted by Gasteiger charge is 2.71. The lowest BCUT2D eigenvalue weighted by Gasteiger charge is -2.63. The molecule has 15 heteroatoms. The summed E-state index contributed by atoms with van der Waals surface area (Å²) in [5, 5.41) is 64.6. The third kappa shape index (κ3) is 6.06. The van der Waals surface area contributed by atoms with E-state index in [1.165, 1.54) is 13.2 Å². The molecular weight excluding hydrogens is 684 g/mol. The summed E-state index contributed by atoms with van der Waals surface area (Å²) in [7, 11) is 1.41. The van der Waals surface area contributed by atoms with Crippen molar-refractivity contribution in [2.75, 3.05) is 20.3 Å². The number of esters is 1. The number of methoxy groups -OCH3 is 1. The zero-order chi connectivity index (χ0) is 37.3. The highest BCUT2D eigenvalue weighted by Crippen LogP contribution is 2.70. The Kier molecular flexibility index (Phi) is 10.7. The van der Waals surface area contributed by atoms with E-state index in [0.717, 1.165) is 50.5 Å². The smallest absolute Gasteiger partial charge is 0.331 e. The van der Waals surface area contributed by atoms with Gasteiger partial charge >= 0.3 is 5.97 Å². The summed E-state index contributed by atoms with van der Waals surface area (Å²) >= 11 is 0. The van der Waals surface area contributed by atoms with Gasteiger partial charge in [0, 0.05) is 30.9 Å². The maximum Gasteiger partial charge on any atom is 0.331 e. The fourth-order valence-electron chi connectivity index (χ4n) is 11.8. The van der Waals surface area contributed by atoms with Gasteiger partial charge in [-0.05, 0) is 80.6 Å². The Bertz CT molecular complexity index is 1360. The van der Waals surface area contributed by atoms with Crippen molar-refractivity contribution in [1.82, 2.24) is 0 Å². The van der Waals surface area contributed by atoms with Crippen LogP contribution in [0.2, 0.25) is 0 Å². The number of aliphatic hydroxyl groups is 6. The molecule has 3 aliphatic heterocycles. The Morgan fingerprint density at radius 2 is 1.67 bits per heavy atom. The third-order valence-corrected chi connectivity index (χ3v) is 14.6. The fourth-order valence-corrected chi connectivity index (χ4v) is 11.8. The minimum atomic E-state index is -1.62. The summed E-state index contributed by atoms with van der Waals surface area (Å²) < 4.78 is 40.7. The number of rotatable bonds is 9. The van der Waals surface area contributed by atoms with Gasteiger partial charge in [0.15, 0.2) is 12.6 Å². The Morgan fingerprint density at radius 1 is 0.923 bits per heavy atom. The summed E-state index contributed by atoms with van der Waals surface area (Å²) in [6, 6.07) is 0. The third-order valence-electron chi connectivity index (χ3n) is 14.6. The van der Waals surface area contributed by atoms with Crippen molar-refractivity contribution in [3.8, 4) is 0 Å². The van der Waals surface area contributed by atoms with Crippen LogP contribution in [0.25, 0.3) is 0 Å². The normalized spacial score (nSPS) is 53.3. The van der Waals surface area contributed by atoms with Gasteiger partial charge in [0.25, 0.3) is 6.47 Å². The van der Waals surface area contributed by atoms with Gasteiger partial charge in [-0.25, -0.2) is 4.79 Å². The van der Waals surface area contributed by atoms with Crippen LogP contribution in [0.5, 0.6) is 0 Å². The molecule has 6 N–H and O–H groups in total. The Hall–Kier alpha value is -1.76. The van der Waals surface area contributed by atoms with Gasteiger partial charge in [0.2, 0.25) is 0 Å². The van der Waals surface area contributed by atoms with Crippen molar-refractivity contribution in [3.63, 3.8) is 0 Å². The molecule has 0 aromatic heterocycles. The van der Waals surface area contributed by atoms with Crippen molar-refractivity contribution < 1.29 is 73.4 Å². The molecule has 0 radical (unpaired) electrons. The van der Waals surface area contributed by atoms with Crippen LogP contribution in [0.4, 0.5) is 0 Å². The molecule has 294 valence electrons. The van der Waals surface area contributed by atoms with Crippen LogP contribution in [0.3, 0.4) is 0 Å². The second-order valence-electron chi connectivity index (χ2n) is 16.9. The van der Waals surface area contributed by atoms with Crippen LogP contribution < -0.4 is 0 Å². The van der Waals surface area contributed by atoms with Crippen molar-refractivity contribution in [3.05, 3.63) is 11.6 Å². The summed E-state index contributed by atoms with van der Waals surface area (Å²) in [6.45, 7) is 6.14. The Balaban J connectivity index is 1.01. The van der Waals surface area contributed by atoms with Gasteiger partial charge in [0.1, 0.15) is 55.4 Å². The molecule has 0 aromatic carbocycles. The number of hydrogen-bond donors (Lipinski definition) is 6. The zero-order valence-corrected chi connectivity index (χ0v) is 30.3. The van der Waals surface area contributed by atoms with E-state index in [-0.39, 0.29) is 35.9 Å². The SMILES string of the molecule is CO[C@@H]1[C@@H](O)[C@H](O[C@@H]2CC[C@@]3(C)[C@H](CC[C@H]4[C@H]3CC[C@]3(C)[C@@H](C5=CC(=O)OC5)[C@H](OC=O)C[C@]43O)C2)O[C@H](C)[C@@H]1O[C@H]1O[C@H](CO)[C@@H](O)[C@H](O)[C@H]1O. The van der Waals surface area contributed by atoms with E-state index in [0.29, 0.717) is 18.8 Å². The highest BCUT2D eigenvalue weighted by atomic mass is 16.7. The van der Waals surface area contributed by atoms with E-state index in [1.807, 2.05) is 0 Å². The summed E-state index contributed by atoms with van der Waals surface area (Å²) in [4.78, 5) is 23.7. The predicted octanol–water partition coefficient (Wildman–Crippen LogP) is 0.0859. The predicted molar refractivity (Wildman–Crippen MR) is 177 cm³/mol. The Morgan fingerprint density at radius 3 is 2.35 bits per heavy atom. The molecular formula is C37H56O15. The van der Waals surface area contributed by atoms with Crippen molar-refractivity contribution in [2.24, 2.45) is 34.5 Å². The first-order chi connectivity index (χ1) is 24.7. The zero-order valence-electron chi connectivity index (χ0n) is 30.3. The van der Waals surface area contributed by atoms with Gasteiger partial charge in [-0.2, -0.15) is 0 Å². The molecule has 19 atom stereocenters. The van der Waals surface area contributed by atoms with Crippen LogP contribution in [-0.4, -0.2) is 143 Å². The molecule has 0 bridgehead atoms. The van der Waals surface area contributed by atoms with E-state index in [4.69, 9.17) is 33.2 Å². The van der Waals surface area contributed by atoms with Crippen LogP contribution in [-0.2, 0) is 42.7 Å². The van der Waals surface area contributed by atoms with Crippen molar-refractivity contribution >= 4 is 12.4 Å². The average molecular weight is 741 g/mol. The van der Waals surface area contributed by atoms with Crippen LogP contribution in [0.1, 0.15) is 72.1 Å². The molecule has 2 saturated heterocycles. The van der Waals surface area contributed by atoms with E-state index in [9.17, 15) is 40.2 Å². The summed E-state index contributed by atoms with van der Waals surface area (Å²) in [6.07, 6.45) is -5.49. The van der Waals surface area contributed by atoms with Crippen molar-refractivity contribution in [1.29, 1.82) is 0 Å². The van der Waals surface area contributed by atoms with Gasteiger partial charge in [-0.15, -0.1) is 0 Å². The van der Waals surface area contributed by atoms with Gasteiger partial charge < -0.3 is 63.8 Å². The van der Waals surface area contributed by atoms with E-state index in [1.54, 1.807) is 6.92 Å². The molecule has 0 spiro atoms. The lowest BCUT2D eigenvalue weighted by Crippen LogP contribution is -2.64. The molecule has 7 rings (SSSR count). The summed E-state index contributed by atoms with van der Waals surface area (Å²) in [5.74, 6) is -0.155. The van der Waals surface area contributed by atoms with Crippen LogP contribution in [0.15, 0.2) is 11.6 Å². The molecule has 6 fully saturated rings. The molecule has 52 heavy (non-hydrogen) atoms. The molecule has 3 heterocycles. The number of carbonyl (C=O) groups excluding carboxylic acids is 2. The number of cyclic esters (lactones) is 1. The summed E-state index contributed by atoms with van der Waals surface area (Å²) in [5.41, 5.74) is -0.945. The van der Waals surface area contributed by atoms with Crippen LogP contribution in [0, 0.1) is 34.5 Å². The average Bonchev–Trinajstić information content (AvgIpc) is 3.63. The van der Waals surface area contributed by atoms with Crippen molar-refractivity contribution in [2.45, 2.75) is 151 Å². The highest BCUT2D eigenvalue weighted by molar-refractivity contribution is 5.85. The molecule has 4 saturated carbocycles. The molecule has 0 aromatic rings. The first-order valence-electron chi connectivity index (χ1n) is 18.9. The van der Waals surface area contributed by atoms with Crippen LogP contribution >= 0.6 is 0 Å². The maximum atomic E-state index is 12.7. The maximum absolute atomic E-state index is 12.7.